The smallest absolute Gasteiger partial charge is 0.249 e. The zero-order valence-corrected chi connectivity index (χ0v) is 16.8. The standard InChI is InChI=1S/C22H20ClN3O4/c23-16-3-1-2-13(9-16)10-20(28)24-11-14-4-5-17-15(8-14)12-26(22(17)30)18-6-7-19(27)25-21(18)29/h1-5,8-9,12,18,30H,6-7,10-11H2,(H,24,28)(H,25,27,29). The lowest BCUT2D eigenvalue weighted by Crippen LogP contribution is -2.41. The highest BCUT2D eigenvalue weighted by atomic mass is 35.5. The molecule has 0 saturated carbocycles. The van der Waals surface area contributed by atoms with Crippen LogP contribution in [0.25, 0.3) is 10.8 Å². The van der Waals surface area contributed by atoms with E-state index in [9.17, 15) is 19.5 Å². The average Bonchev–Trinajstić information content (AvgIpc) is 3.02. The second kappa shape index (κ2) is 8.20. The molecular weight excluding hydrogens is 406 g/mol. The molecule has 3 amide bonds. The Labute approximate surface area is 177 Å². The van der Waals surface area contributed by atoms with Crippen LogP contribution in [-0.4, -0.2) is 27.4 Å². The molecule has 0 radical (unpaired) electrons. The molecule has 2 aromatic carbocycles. The van der Waals surface area contributed by atoms with Crippen molar-refractivity contribution in [1.29, 1.82) is 0 Å². The third-order valence-corrected chi connectivity index (χ3v) is 5.40. The minimum absolute atomic E-state index is 0.0176. The molecule has 1 atom stereocenters. The number of hydrogen-bond donors (Lipinski definition) is 3. The van der Waals surface area contributed by atoms with Crippen molar-refractivity contribution in [2.45, 2.75) is 31.8 Å². The molecule has 0 aliphatic carbocycles. The summed E-state index contributed by atoms with van der Waals surface area (Å²) in [6.45, 7) is 0.333. The second-order valence-electron chi connectivity index (χ2n) is 7.33. The summed E-state index contributed by atoms with van der Waals surface area (Å²) in [6, 6.07) is 12.0. The highest BCUT2D eigenvalue weighted by molar-refractivity contribution is 6.30. The van der Waals surface area contributed by atoms with E-state index in [2.05, 4.69) is 10.6 Å². The first-order valence-electron chi connectivity index (χ1n) is 9.58. The monoisotopic (exact) mass is 425 g/mol. The van der Waals surface area contributed by atoms with Crippen molar-refractivity contribution in [2.75, 3.05) is 0 Å². The maximum Gasteiger partial charge on any atom is 0.249 e. The van der Waals surface area contributed by atoms with E-state index < -0.39 is 11.9 Å². The van der Waals surface area contributed by atoms with E-state index >= 15 is 0 Å². The Morgan fingerprint density at radius 2 is 2.03 bits per heavy atom. The molecule has 2 heterocycles. The van der Waals surface area contributed by atoms with Gasteiger partial charge in [-0.15, -0.1) is 0 Å². The number of fused-ring (bicyclic) bond motifs is 1. The third-order valence-electron chi connectivity index (χ3n) is 5.17. The molecule has 1 unspecified atom stereocenters. The Morgan fingerprint density at radius 1 is 1.20 bits per heavy atom. The number of carbonyl (C=O) groups excluding carboxylic acids is 3. The normalized spacial score (nSPS) is 16.5. The highest BCUT2D eigenvalue weighted by Crippen LogP contribution is 2.33. The molecule has 8 heteroatoms. The van der Waals surface area contributed by atoms with Gasteiger partial charge in [0.15, 0.2) is 5.88 Å². The average molecular weight is 426 g/mol. The number of hydrogen-bond acceptors (Lipinski definition) is 4. The van der Waals surface area contributed by atoms with Gasteiger partial charge >= 0.3 is 0 Å². The molecule has 30 heavy (non-hydrogen) atoms. The molecule has 0 spiro atoms. The fraction of sp³-hybridized carbons (Fsp3) is 0.227. The van der Waals surface area contributed by atoms with Crippen molar-refractivity contribution < 1.29 is 19.5 Å². The lowest BCUT2D eigenvalue weighted by atomic mass is 10.1. The van der Waals surface area contributed by atoms with Gasteiger partial charge in [0.25, 0.3) is 0 Å². The fourth-order valence-corrected chi connectivity index (χ4v) is 3.88. The predicted molar refractivity (Wildman–Crippen MR) is 112 cm³/mol. The zero-order valence-electron chi connectivity index (χ0n) is 16.0. The minimum Gasteiger partial charge on any atom is -0.494 e. The first-order chi connectivity index (χ1) is 14.4. The van der Waals surface area contributed by atoms with Crippen LogP contribution in [0.3, 0.4) is 0 Å². The summed E-state index contributed by atoms with van der Waals surface area (Å²) >= 11 is 5.95. The van der Waals surface area contributed by atoms with E-state index in [-0.39, 0.29) is 30.5 Å². The molecule has 7 nitrogen and oxygen atoms in total. The summed E-state index contributed by atoms with van der Waals surface area (Å²) in [4.78, 5) is 35.7. The van der Waals surface area contributed by atoms with Crippen LogP contribution >= 0.6 is 11.6 Å². The zero-order chi connectivity index (χ0) is 21.3. The van der Waals surface area contributed by atoms with E-state index in [1.807, 2.05) is 18.2 Å². The molecule has 1 aliphatic rings. The van der Waals surface area contributed by atoms with Gasteiger partial charge in [0, 0.05) is 35.0 Å². The number of nitrogens with zero attached hydrogens (tertiary/aromatic N) is 1. The number of nitrogens with one attached hydrogen (secondary N) is 2. The first-order valence-corrected chi connectivity index (χ1v) is 9.96. The van der Waals surface area contributed by atoms with Crippen LogP contribution in [0.1, 0.15) is 30.0 Å². The topological polar surface area (TPSA) is 100 Å². The number of piperidine rings is 1. The van der Waals surface area contributed by atoms with E-state index in [0.717, 1.165) is 16.5 Å². The number of amides is 3. The maximum absolute atomic E-state index is 12.2. The number of halogens is 1. The number of carbonyl (C=O) groups is 3. The lowest BCUT2D eigenvalue weighted by Gasteiger charge is -2.22. The van der Waals surface area contributed by atoms with Crippen LogP contribution in [0.15, 0.2) is 48.7 Å². The number of aromatic hydroxyl groups is 1. The Hall–Kier alpha value is -3.32. The molecule has 1 saturated heterocycles. The van der Waals surface area contributed by atoms with E-state index in [1.54, 1.807) is 30.5 Å². The van der Waals surface area contributed by atoms with Gasteiger partial charge in [-0.05, 0) is 41.8 Å². The lowest BCUT2D eigenvalue weighted by molar-refractivity contribution is -0.135. The Bertz CT molecular complexity index is 1150. The number of imide groups is 1. The molecule has 4 rings (SSSR count). The summed E-state index contributed by atoms with van der Waals surface area (Å²) < 4.78 is 1.49. The van der Waals surface area contributed by atoms with Gasteiger partial charge in [-0.2, -0.15) is 0 Å². The van der Waals surface area contributed by atoms with Gasteiger partial charge in [0.05, 0.1) is 6.42 Å². The maximum atomic E-state index is 12.2. The summed E-state index contributed by atoms with van der Waals surface area (Å²) in [5.74, 6) is -0.865. The molecule has 1 aromatic heterocycles. The van der Waals surface area contributed by atoms with Crippen molar-refractivity contribution in [2.24, 2.45) is 0 Å². The van der Waals surface area contributed by atoms with E-state index in [0.29, 0.717) is 23.4 Å². The summed E-state index contributed by atoms with van der Waals surface area (Å²) in [5.41, 5.74) is 1.70. The molecule has 3 aromatic rings. The van der Waals surface area contributed by atoms with Gasteiger partial charge in [-0.3, -0.25) is 19.7 Å². The van der Waals surface area contributed by atoms with Gasteiger partial charge in [-0.1, -0.05) is 29.8 Å². The van der Waals surface area contributed by atoms with Crippen LogP contribution in [0.4, 0.5) is 0 Å². The van der Waals surface area contributed by atoms with Crippen LogP contribution in [-0.2, 0) is 27.3 Å². The van der Waals surface area contributed by atoms with Crippen LogP contribution < -0.4 is 10.6 Å². The summed E-state index contributed by atoms with van der Waals surface area (Å²) in [6.07, 6.45) is 2.50. The van der Waals surface area contributed by atoms with Gasteiger partial charge in [-0.25, -0.2) is 0 Å². The largest absolute Gasteiger partial charge is 0.494 e. The molecule has 154 valence electrons. The molecular formula is C22H20ClN3O4. The van der Waals surface area contributed by atoms with Crippen molar-refractivity contribution in [1.82, 2.24) is 15.2 Å². The van der Waals surface area contributed by atoms with Gasteiger partial charge in [0.2, 0.25) is 17.7 Å². The first kappa shape index (κ1) is 20.0. The number of benzene rings is 2. The second-order valence-corrected chi connectivity index (χ2v) is 7.77. The summed E-state index contributed by atoms with van der Waals surface area (Å²) in [5, 5.41) is 17.7. The molecule has 3 N–H and O–H groups in total. The van der Waals surface area contributed by atoms with Gasteiger partial charge in [0.1, 0.15) is 6.04 Å². The van der Waals surface area contributed by atoms with Crippen molar-refractivity contribution in [3.63, 3.8) is 0 Å². The Morgan fingerprint density at radius 3 is 2.80 bits per heavy atom. The molecule has 0 bridgehead atoms. The van der Waals surface area contributed by atoms with Gasteiger partial charge < -0.3 is 15.0 Å². The SMILES string of the molecule is O=C(Cc1cccc(Cl)c1)NCc1ccc2c(O)n(C3CCC(=O)NC3=O)cc2c1. The van der Waals surface area contributed by atoms with Crippen molar-refractivity contribution >= 4 is 40.1 Å². The van der Waals surface area contributed by atoms with E-state index in [1.165, 1.54) is 4.57 Å². The quantitative estimate of drug-likeness (QED) is 0.547. The highest BCUT2D eigenvalue weighted by Gasteiger charge is 2.30. The Kier molecular flexibility index (Phi) is 5.46. The number of aromatic nitrogens is 1. The van der Waals surface area contributed by atoms with Crippen LogP contribution in [0.5, 0.6) is 5.88 Å². The molecule has 1 fully saturated rings. The Balaban J connectivity index is 1.46. The van der Waals surface area contributed by atoms with Crippen LogP contribution in [0.2, 0.25) is 5.02 Å². The van der Waals surface area contributed by atoms with E-state index in [4.69, 9.17) is 11.6 Å². The van der Waals surface area contributed by atoms with Crippen molar-refractivity contribution in [3.8, 4) is 5.88 Å². The van der Waals surface area contributed by atoms with Crippen LogP contribution in [0, 0.1) is 0 Å². The number of rotatable bonds is 5. The minimum atomic E-state index is -0.629. The summed E-state index contributed by atoms with van der Waals surface area (Å²) in [7, 11) is 0. The third kappa shape index (κ3) is 4.16. The fourth-order valence-electron chi connectivity index (χ4n) is 3.66. The van der Waals surface area contributed by atoms with Crippen molar-refractivity contribution in [3.05, 3.63) is 64.8 Å². The predicted octanol–water partition coefficient (Wildman–Crippen LogP) is 2.84. The molecule has 1 aliphatic heterocycles.